The van der Waals surface area contributed by atoms with Crippen molar-refractivity contribution in [2.45, 2.75) is 19.8 Å². The molecular formula is C20H20FN3O. The second-order valence-electron chi connectivity index (χ2n) is 5.84. The molecule has 2 aromatic rings. The number of ether oxygens (including phenoxy) is 1. The van der Waals surface area contributed by atoms with E-state index in [-0.39, 0.29) is 17.3 Å². The van der Waals surface area contributed by atoms with E-state index in [0.717, 1.165) is 24.3 Å². The highest BCUT2D eigenvalue weighted by molar-refractivity contribution is 5.61. The average molecular weight is 337 g/mol. The number of rotatable bonds is 4. The zero-order valence-electron chi connectivity index (χ0n) is 14.3. The summed E-state index contributed by atoms with van der Waals surface area (Å²) in [5, 5.41) is 9.53. The monoisotopic (exact) mass is 337 g/mol. The highest BCUT2D eigenvalue weighted by Crippen LogP contribution is 2.44. The molecule has 1 aliphatic heterocycles. The highest BCUT2D eigenvalue weighted by Gasteiger charge is 2.32. The van der Waals surface area contributed by atoms with Gasteiger partial charge < -0.3 is 15.4 Å². The smallest absolute Gasteiger partial charge is 0.205 e. The number of anilines is 1. The van der Waals surface area contributed by atoms with E-state index in [1.54, 1.807) is 18.2 Å². The molecule has 0 fully saturated rings. The molecule has 0 amide bonds. The maximum Gasteiger partial charge on any atom is 0.205 e. The quantitative estimate of drug-likeness (QED) is 0.919. The van der Waals surface area contributed by atoms with E-state index < -0.39 is 5.92 Å². The zero-order chi connectivity index (χ0) is 18.0. The molecule has 0 spiro atoms. The molecule has 2 aromatic carbocycles. The van der Waals surface area contributed by atoms with Crippen molar-refractivity contribution in [2.75, 3.05) is 18.0 Å². The van der Waals surface area contributed by atoms with Crippen LogP contribution in [-0.4, -0.2) is 13.1 Å². The summed E-state index contributed by atoms with van der Waals surface area (Å²) in [5.41, 5.74) is 8.37. The van der Waals surface area contributed by atoms with Gasteiger partial charge >= 0.3 is 0 Å². The first-order valence-electron chi connectivity index (χ1n) is 8.31. The van der Waals surface area contributed by atoms with Gasteiger partial charge in [0.05, 0.1) is 5.92 Å². The van der Waals surface area contributed by atoms with Crippen molar-refractivity contribution < 1.29 is 9.13 Å². The summed E-state index contributed by atoms with van der Waals surface area (Å²) in [5.74, 6) is -0.344. The van der Waals surface area contributed by atoms with E-state index in [1.165, 1.54) is 6.07 Å². The first-order valence-corrected chi connectivity index (χ1v) is 8.31. The topological polar surface area (TPSA) is 62.3 Å². The first-order chi connectivity index (χ1) is 12.1. The highest BCUT2D eigenvalue weighted by atomic mass is 19.1. The third-order valence-electron chi connectivity index (χ3n) is 4.55. The molecule has 3 rings (SSSR count). The van der Waals surface area contributed by atoms with Crippen LogP contribution in [0.3, 0.4) is 0 Å². The number of nitriles is 1. The number of allylic oxidation sites excluding steroid dienone is 1. The average Bonchev–Trinajstić information content (AvgIpc) is 2.62. The van der Waals surface area contributed by atoms with E-state index in [2.05, 4.69) is 24.8 Å². The normalized spacial score (nSPS) is 16.0. The Labute approximate surface area is 146 Å². The predicted octanol–water partition coefficient (Wildman–Crippen LogP) is 3.89. The number of nitrogens with two attached hydrogens (primary N) is 1. The van der Waals surface area contributed by atoms with Gasteiger partial charge in [-0.1, -0.05) is 24.3 Å². The molecule has 0 unspecified atom stereocenters. The molecule has 0 saturated carbocycles. The Morgan fingerprint density at radius 2 is 1.88 bits per heavy atom. The van der Waals surface area contributed by atoms with Gasteiger partial charge in [-0.05, 0) is 26.0 Å². The van der Waals surface area contributed by atoms with E-state index >= 15 is 0 Å². The number of nitrogens with zero attached hydrogens (tertiary/aromatic N) is 2. The van der Waals surface area contributed by atoms with Gasteiger partial charge in [0.15, 0.2) is 0 Å². The van der Waals surface area contributed by atoms with Gasteiger partial charge in [0, 0.05) is 36.0 Å². The summed E-state index contributed by atoms with van der Waals surface area (Å²) in [6, 6.07) is 14.3. The van der Waals surface area contributed by atoms with Crippen molar-refractivity contribution >= 4 is 5.69 Å². The zero-order valence-corrected chi connectivity index (χ0v) is 14.3. The van der Waals surface area contributed by atoms with Crippen LogP contribution in [0.5, 0.6) is 5.75 Å². The van der Waals surface area contributed by atoms with Crippen molar-refractivity contribution in [1.82, 2.24) is 0 Å². The molecular weight excluding hydrogens is 317 g/mol. The minimum absolute atomic E-state index is 0.0277. The van der Waals surface area contributed by atoms with Gasteiger partial charge in [-0.25, -0.2) is 4.39 Å². The Kier molecular flexibility index (Phi) is 4.62. The van der Waals surface area contributed by atoms with Crippen LogP contribution in [0.1, 0.15) is 30.9 Å². The lowest BCUT2D eigenvalue weighted by atomic mass is 9.83. The van der Waals surface area contributed by atoms with Gasteiger partial charge in [-0.2, -0.15) is 5.26 Å². The predicted molar refractivity (Wildman–Crippen MR) is 95.7 cm³/mol. The van der Waals surface area contributed by atoms with Crippen LogP contribution >= 0.6 is 0 Å². The second-order valence-corrected chi connectivity index (χ2v) is 5.84. The maximum atomic E-state index is 14.4. The van der Waals surface area contributed by atoms with Crippen LogP contribution in [0, 0.1) is 17.1 Å². The Balaban J connectivity index is 2.17. The van der Waals surface area contributed by atoms with Gasteiger partial charge in [-0.3, -0.25) is 0 Å². The Bertz CT molecular complexity index is 865. The lowest BCUT2D eigenvalue weighted by molar-refractivity contribution is 0.392. The number of hydrogen-bond acceptors (Lipinski definition) is 4. The van der Waals surface area contributed by atoms with Crippen LogP contribution < -0.4 is 15.4 Å². The summed E-state index contributed by atoms with van der Waals surface area (Å²) < 4.78 is 20.1. The van der Waals surface area contributed by atoms with Crippen LogP contribution in [0.25, 0.3) is 0 Å². The van der Waals surface area contributed by atoms with E-state index in [4.69, 9.17) is 10.5 Å². The lowest BCUT2D eigenvalue weighted by Gasteiger charge is -2.29. The summed E-state index contributed by atoms with van der Waals surface area (Å²) in [6.07, 6.45) is 0. The number of fused-ring (bicyclic) bond motifs is 1. The lowest BCUT2D eigenvalue weighted by Crippen LogP contribution is -2.24. The first kappa shape index (κ1) is 16.8. The maximum absolute atomic E-state index is 14.4. The van der Waals surface area contributed by atoms with E-state index in [0.29, 0.717) is 11.3 Å². The number of halogens is 1. The fourth-order valence-corrected chi connectivity index (χ4v) is 3.26. The van der Waals surface area contributed by atoms with Crippen LogP contribution in [-0.2, 0) is 0 Å². The molecule has 25 heavy (non-hydrogen) atoms. The molecule has 1 heterocycles. The molecule has 1 aliphatic rings. The van der Waals surface area contributed by atoms with Crippen LogP contribution in [0.15, 0.2) is 53.9 Å². The summed E-state index contributed by atoms with van der Waals surface area (Å²) in [4.78, 5) is 2.18. The minimum atomic E-state index is -0.569. The molecule has 1 atom stereocenters. The van der Waals surface area contributed by atoms with Gasteiger partial charge in [-0.15, -0.1) is 0 Å². The fourth-order valence-electron chi connectivity index (χ4n) is 3.26. The molecule has 0 saturated heterocycles. The molecule has 4 nitrogen and oxygen atoms in total. The third-order valence-corrected chi connectivity index (χ3v) is 4.55. The summed E-state index contributed by atoms with van der Waals surface area (Å²) in [7, 11) is 0. The Morgan fingerprint density at radius 3 is 2.52 bits per heavy atom. The van der Waals surface area contributed by atoms with E-state index in [1.807, 2.05) is 18.2 Å². The molecule has 0 aliphatic carbocycles. The second kappa shape index (κ2) is 6.86. The molecule has 128 valence electrons. The number of hydrogen-bond donors (Lipinski definition) is 1. The van der Waals surface area contributed by atoms with E-state index in [9.17, 15) is 9.65 Å². The van der Waals surface area contributed by atoms with Crippen molar-refractivity contribution in [3.05, 3.63) is 70.9 Å². The number of benzene rings is 2. The van der Waals surface area contributed by atoms with Gasteiger partial charge in [0.2, 0.25) is 5.88 Å². The standard InChI is InChI=1S/C20H20FN3O/c1-3-24(4-2)13-9-10-15-18(11-13)25-20(23)16(12-22)19(15)14-7-5-6-8-17(14)21/h5-11,19H,3-4,23H2,1-2H3/t19-/m1/s1. The molecule has 0 aromatic heterocycles. The molecule has 5 heteroatoms. The van der Waals surface area contributed by atoms with Crippen molar-refractivity contribution in [1.29, 1.82) is 5.26 Å². The summed E-state index contributed by atoms with van der Waals surface area (Å²) in [6.45, 7) is 5.88. The van der Waals surface area contributed by atoms with Gasteiger partial charge in [0.1, 0.15) is 23.2 Å². The van der Waals surface area contributed by atoms with Crippen molar-refractivity contribution in [3.63, 3.8) is 0 Å². The van der Waals surface area contributed by atoms with Gasteiger partial charge in [0.25, 0.3) is 0 Å². The summed E-state index contributed by atoms with van der Waals surface area (Å²) >= 11 is 0. The molecule has 2 N–H and O–H groups in total. The van der Waals surface area contributed by atoms with Crippen LogP contribution in [0.4, 0.5) is 10.1 Å². The fraction of sp³-hybridized carbons (Fsp3) is 0.250. The Hall–Kier alpha value is -3.00. The van der Waals surface area contributed by atoms with Crippen molar-refractivity contribution in [3.8, 4) is 11.8 Å². The SMILES string of the molecule is CCN(CC)c1ccc2c(c1)OC(N)=C(C#N)[C@@H]2c1ccccc1F. The third kappa shape index (κ3) is 2.91. The molecule has 0 bridgehead atoms. The van der Waals surface area contributed by atoms with Crippen LogP contribution in [0.2, 0.25) is 0 Å². The van der Waals surface area contributed by atoms with Crippen molar-refractivity contribution in [2.24, 2.45) is 5.73 Å². The largest absolute Gasteiger partial charge is 0.440 e. The Morgan fingerprint density at radius 1 is 1.16 bits per heavy atom. The minimum Gasteiger partial charge on any atom is -0.440 e. The molecule has 0 radical (unpaired) electrons.